The molecule has 2 aliphatic rings. The second kappa shape index (κ2) is 11.8. The number of halogens is 3. The Hall–Kier alpha value is 0.01000. The van der Waals surface area contributed by atoms with Crippen molar-refractivity contribution in [3.8, 4) is 0 Å². The van der Waals surface area contributed by atoms with Gasteiger partial charge in [0.25, 0.3) is 0 Å². The third kappa shape index (κ3) is 6.56. The molecule has 1 heterocycles. The number of likely N-dealkylation sites (tertiary alicyclic amines) is 1. The molecule has 1 saturated carbocycles. The van der Waals surface area contributed by atoms with Crippen molar-refractivity contribution in [1.82, 2.24) is 9.80 Å². The summed E-state index contributed by atoms with van der Waals surface area (Å²) in [7, 11) is 4.44. The fraction of sp³-hybridized carbons (Fsp3) is 0.714. The fourth-order valence-corrected chi connectivity index (χ4v) is 4.82. The van der Waals surface area contributed by atoms with Crippen LogP contribution < -0.4 is 0 Å². The molecule has 0 N–H and O–H groups in total. The Labute approximate surface area is 177 Å². The predicted molar refractivity (Wildman–Crippen MR) is 118 cm³/mol. The van der Waals surface area contributed by atoms with Crippen LogP contribution in [0.15, 0.2) is 24.3 Å². The van der Waals surface area contributed by atoms with E-state index in [4.69, 9.17) is 11.6 Å². The largest absolute Gasteiger partial charge is 0.306 e. The quantitative estimate of drug-likeness (QED) is 0.556. The van der Waals surface area contributed by atoms with Crippen molar-refractivity contribution in [1.29, 1.82) is 0 Å². The average molecular weight is 422 g/mol. The lowest BCUT2D eigenvalue weighted by molar-refractivity contribution is 0.0805. The van der Waals surface area contributed by atoms with Crippen LogP contribution >= 0.6 is 36.4 Å². The van der Waals surface area contributed by atoms with Crippen molar-refractivity contribution < 1.29 is 0 Å². The van der Waals surface area contributed by atoms with Crippen LogP contribution in [-0.4, -0.2) is 43.0 Å². The van der Waals surface area contributed by atoms with E-state index in [0.29, 0.717) is 12.1 Å². The summed E-state index contributed by atoms with van der Waals surface area (Å²) >= 11 is 6.28. The number of piperidine rings is 1. The molecule has 1 aliphatic carbocycles. The highest BCUT2D eigenvalue weighted by atomic mass is 35.5. The van der Waals surface area contributed by atoms with E-state index < -0.39 is 0 Å². The minimum absolute atomic E-state index is 0. The first-order chi connectivity index (χ1) is 11.6. The number of nitrogens with zero attached hydrogens (tertiary/aromatic N) is 2. The topological polar surface area (TPSA) is 6.48 Å². The first-order valence-corrected chi connectivity index (χ1v) is 10.2. The molecule has 1 aliphatic heterocycles. The Bertz CT molecular complexity index is 518. The molecule has 2 atom stereocenters. The smallest absolute Gasteiger partial charge is 0.0409 e. The summed E-state index contributed by atoms with van der Waals surface area (Å²) in [5, 5.41) is 0.867. The van der Waals surface area contributed by atoms with E-state index >= 15 is 0 Å². The predicted octanol–water partition coefficient (Wildman–Crippen LogP) is 6.22. The van der Waals surface area contributed by atoms with Gasteiger partial charge in [-0.2, -0.15) is 0 Å². The van der Waals surface area contributed by atoms with Gasteiger partial charge in [-0.25, -0.2) is 0 Å². The first-order valence-electron chi connectivity index (χ1n) is 9.79. The van der Waals surface area contributed by atoms with Gasteiger partial charge in [-0.15, -0.1) is 24.8 Å². The van der Waals surface area contributed by atoms with E-state index in [2.05, 4.69) is 42.1 Å². The number of hydrogen-bond acceptors (Lipinski definition) is 2. The molecule has 0 spiro atoms. The Morgan fingerprint density at radius 3 is 2.46 bits per heavy atom. The molecule has 2 nitrogen and oxygen atoms in total. The molecule has 5 heteroatoms. The monoisotopic (exact) mass is 420 g/mol. The molecule has 1 saturated heterocycles. The lowest BCUT2D eigenvalue weighted by atomic mass is 9.86. The van der Waals surface area contributed by atoms with Crippen molar-refractivity contribution in [2.24, 2.45) is 5.92 Å². The summed E-state index contributed by atoms with van der Waals surface area (Å²) in [6, 6.07) is 9.74. The maximum Gasteiger partial charge on any atom is 0.0409 e. The molecule has 2 unspecified atom stereocenters. The van der Waals surface area contributed by atoms with E-state index in [9.17, 15) is 0 Å². The zero-order valence-electron chi connectivity index (χ0n) is 16.2. The molecular weight excluding hydrogens is 387 g/mol. The summed E-state index contributed by atoms with van der Waals surface area (Å²) < 4.78 is 0. The van der Waals surface area contributed by atoms with Gasteiger partial charge >= 0.3 is 0 Å². The average Bonchev–Trinajstić information content (AvgIpc) is 2.60. The molecule has 1 aromatic rings. The van der Waals surface area contributed by atoms with Crippen LogP contribution in [0, 0.1) is 5.92 Å². The minimum atomic E-state index is 0. The molecule has 26 heavy (non-hydrogen) atoms. The number of benzene rings is 1. The van der Waals surface area contributed by atoms with Crippen molar-refractivity contribution in [3.63, 3.8) is 0 Å². The van der Waals surface area contributed by atoms with Crippen molar-refractivity contribution in [2.75, 3.05) is 27.2 Å². The van der Waals surface area contributed by atoms with E-state index in [1.54, 1.807) is 0 Å². The molecule has 3 rings (SSSR count). The lowest BCUT2D eigenvalue weighted by Gasteiger charge is -2.42. The molecule has 0 bridgehead atoms. The second-order valence-electron chi connectivity index (χ2n) is 8.04. The highest BCUT2D eigenvalue weighted by molar-refractivity contribution is 6.30. The molecule has 2 fully saturated rings. The van der Waals surface area contributed by atoms with Crippen LogP contribution in [0.4, 0.5) is 0 Å². The highest BCUT2D eigenvalue weighted by Crippen LogP contribution is 2.35. The summed E-state index contributed by atoms with van der Waals surface area (Å²) in [6.07, 6.45) is 11.1. The molecule has 1 aromatic carbocycles. The van der Waals surface area contributed by atoms with Crippen LogP contribution in [0.3, 0.4) is 0 Å². The van der Waals surface area contributed by atoms with Crippen LogP contribution in [0.2, 0.25) is 5.02 Å². The van der Waals surface area contributed by atoms with E-state index in [0.717, 1.165) is 10.9 Å². The van der Waals surface area contributed by atoms with Gasteiger partial charge in [0.15, 0.2) is 0 Å². The van der Waals surface area contributed by atoms with Crippen molar-refractivity contribution in [3.05, 3.63) is 34.9 Å². The minimum Gasteiger partial charge on any atom is -0.306 e. The lowest BCUT2D eigenvalue weighted by Crippen LogP contribution is -2.44. The fourth-order valence-electron chi connectivity index (χ4n) is 4.62. The van der Waals surface area contributed by atoms with Crippen LogP contribution in [0.1, 0.15) is 63.0 Å². The molecular formula is C21H35Cl3N2. The van der Waals surface area contributed by atoms with E-state index in [1.165, 1.54) is 70.0 Å². The molecule has 0 radical (unpaired) electrons. The highest BCUT2D eigenvalue weighted by Gasteiger charge is 2.31. The Morgan fingerprint density at radius 1 is 1.08 bits per heavy atom. The van der Waals surface area contributed by atoms with Gasteiger partial charge in [-0.05, 0) is 63.5 Å². The third-order valence-corrected chi connectivity index (χ3v) is 6.43. The SMILES string of the molecule is CN(C)C1CCN(CCC2CCCCC2)C(c2cccc(Cl)c2)C1.Cl.Cl. The van der Waals surface area contributed by atoms with Crippen molar-refractivity contribution in [2.45, 2.75) is 63.5 Å². The van der Waals surface area contributed by atoms with Crippen molar-refractivity contribution >= 4 is 36.4 Å². The van der Waals surface area contributed by atoms with Gasteiger partial charge < -0.3 is 4.90 Å². The maximum absolute atomic E-state index is 6.28. The van der Waals surface area contributed by atoms with Crippen LogP contribution in [0.5, 0.6) is 0 Å². The van der Waals surface area contributed by atoms with Gasteiger partial charge in [0.1, 0.15) is 0 Å². The second-order valence-corrected chi connectivity index (χ2v) is 8.48. The Kier molecular flexibility index (Phi) is 10.9. The summed E-state index contributed by atoms with van der Waals surface area (Å²) in [4.78, 5) is 5.14. The Morgan fingerprint density at radius 2 is 1.81 bits per heavy atom. The molecule has 150 valence electrons. The third-order valence-electron chi connectivity index (χ3n) is 6.20. The first kappa shape index (κ1) is 24.0. The van der Waals surface area contributed by atoms with Gasteiger partial charge in [0.2, 0.25) is 0 Å². The van der Waals surface area contributed by atoms with Gasteiger partial charge in [-0.1, -0.05) is 55.8 Å². The maximum atomic E-state index is 6.28. The Balaban J connectivity index is 0.00000169. The zero-order chi connectivity index (χ0) is 16.9. The van der Waals surface area contributed by atoms with Gasteiger partial charge in [-0.3, -0.25) is 4.90 Å². The molecule has 0 amide bonds. The van der Waals surface area contributed by atoms with E-state index in [1.807, 2.05) is 6.07 Å². The summed E-state index contributed by atoms with van der Waals surface area (Å²) in [6.45, 7) is 2.47. The summed E-state index contributed by atoms with van der Waals surface area (Å²) in [5.41, 5.74) is 1.40. The van der Waals surface area contributed by atoms with Gasteiger partial charge in [0.05, 0.1) is 0 Å². The van der Waals surface area contributed by atoms with Gasteiger partial charge in [0, 0.05) is 23.7 Å². The normalized spacial score (nSPS) is 24.8. The van der Waals surface area contributed by atoms with E-state index in [-0.39, 0.29) is 24.8 Å². The zero-order valence-corrected chi connectivity index (χ0v) is 18.6. The molecule has 0 aromatic heterocycles. The summed E-state index contributed by atoms with van der Waals surface area (Å²) in [5.74, 6) is 0.963. The van der Waals surface area contributed by atoms with Crippen LogP contribution in [-0.2, 0) is 0 Å². The number of hydrogen-bond donors (Lipinski definition) is 0. The van der Waals surface area contributed by atoms with Crippen LogP contribution in [0.25, 0.3) is 0 Å². The number of rotatable bonds is 5. The standard InChI is InChI=1S/C21H33ClN2.2ClH/c1-23(2)20-12-14-24(13-11-17-7-4-3-5-8-17)21(16-20)18-9-6-10-19(22)15-18;;/h6,9-10,15,17,20-21H,3-5,7-8,11-14,16H2,1-2H3;2*1H.